The Morgan fingerprint density at radius 2 is 2.05 bits per heavy atom. The van der Waals surface area contributed by atoms with Crippen molar-refractivity contribution in [2.45, 2.75) is 13.5 Å². The highest BCUT2D eigenvalue weighted by atomic mass is 35.5. The van der Waals surface area contributed by atoms with Crippen LogP contribution in [0.25, 0.3) is 10.9 Å². The van der Waals surface area contributed by atoms with Crippen LogP contribution in [0.3, 0.4) is 0 Å². The molecule has 0 bridgehead atoms. The van der Waals surface area contributed by atoms with Crippen LogP contribution in [0, 0.1) is 0 Å². The molecule has 2 aromatic rings. The van der Waals surface area contributed by atoms with Crippen molar-refractivity contribution in [1.82, 2.24) is 10.3 Å². The molecule has 0 radical (unpaired) electrons. The molecule has 0 saturated carbocycles. The minimum Gasteiger partial charge on any atom is -0.356 e. The fourth-order valence-electron chi connectivity index (χ4n) is 1.87. The summed E-state index contributed by atoms with van der Waals surface area (Å²) < 4.78 is 22.7. The van der Waals surface area contributed by atoms with E-state index in [9.17, 15) is 8.42 Å². The molecule has 2 rings (SSSR count). The van der Waals surface area contributed by atoms with Crippen molar-refractivity contribution >= 4 is 32.3 Å². The maximum Gasteiger partial charge on any atom is 0.151 e. The maximum atomic E-state index is 11.3. The molecule has 19 heavy (non-hydrogen) atoms. The number of H-pyrrole nitrogens is 1. The van der Waals surface area contributed by atoms with Gasteiger partial charge in [0.05, 0.1) is 10.8 Å². The van der Waals surface area contributed by atoms with Gasteiger partial charge in [-0.15, -0.1) is 0 Å². The molecule has 0 fully saturated rings. The number of sulfone groups is 1. The monoisotopic (exact) mass is 300 g/mol. The highest BCUT2D eigenvalue weighted by Gasteiger charge is 2.09. The Balaban J connectivity index is 1.97. The highest BCUT2D eigenvalue weighted by Crippen LogP contribution is 2.26. The van der Waals surface area contributed by atoms with Gasteiger partial charge < -0.3 is 10.3 Å². The van der Waals surface area contributed by atoms with Gasteiger partial charge in [0, 0.05) is 35.4 Å². The van der Waals surface area contributed by atoms with Crippen molar-refractivity contribution in [3.8, 4) is 0 Å². The van der Waals surface area contributed by atoms with E-state index in [0.717, 1.165) is 16.6 Å². The predicted molar refractivity (Wildman–Crippen MR) is 79.3 cm³/mol. The molecule has 0 aliphatic rings. The van der Waals surface area contributed by atoms with Crippen molar-refractivity contribution in [3.05, 3.63) is 35.0 Å². The molecule has 0 aliphatic carbocycles. The molecule has 0 unspecified atom stereocenters. The van der Waals surface area contributed by atoms with E-state index in [1.807, 2.05) is 24.3 Å². The molecule has 104 valence electrons. The fraction of sp³-hybridized carbons (Fsp3) is 0.385. The Labute approximate surface area is 118 Å². The SMILES string of the molecule is CCS(=O)(=O)CCNCc1[nH]c2ccccc2c1Cl. The number of hydrogen-bond donors (Lipinski definition) is 2. The molecular weight excluding hydrogens is 284 g/mol. The van der Waals surface area contributed by atoms with Crippen LogP contribution < -0.4 is 5.32 Å². The Bertz CT molecular complexity index is 664. The van der Waals surface area contributed by atoms with Gasteiger partial charge in [-0.1, -0.05) is 36.7 Å². The van der Waals surface area contributed by atoms with Gasteiger partial charge in [-0.25, -0.2) is 8.42 Å². The van der Waals surface area contributed by atoms with Crippen LogP contribution in [0.5, 0.6) is 0 Å². The van der Waals surface area contributed by atoms with Crippen LogP contribution in [-0.4, -0.2) is 31.5 Å². The molecule has 2 N–H and O–H groups in total. The number of aromatic nitrogens is 1. The van der Waals surface area contributed by atoms with E-state index >= 15 is 0 Å². The normalized spacial score (nSPS) is 12.1. The molecule has 0 atom stereocenters. The van der Waals surface area contributed by atoms with Gasteiger partial charge >= 0.3 is 0 Å². The topological polar surface area (TPSA) is 62.0 Å². The molecule has 1 aromatic heterocycles. The molecule has 0 aliphatic heterocycles. The second-order valence-electron chi connectivity index (χ2n) is 4.38. The molecule has 1 heterocycles. The Morgan fingerprint density at radius 1 is 1.32 bits per heavy atom. The third kappa shape index (κ3) is 3.49. The molecule has 1 aromatic carbocycles. The van der Waals surface area contributed by atoms with Crippen LogP contribution >= 0.6 is 11.6 Å². The standard InChI is InChI=1S/C13H17ClN2O2S/c1-2-19(17,18)8-7-15-9-12-13(14)10-5-3-4-6-11(10)16-12/h3-6,15-16H,2,7-9H2,1H3. The number of benzene rings is 1. The van der Waals surface area contributed by atoms with Crippen molar-refractivity contribution in [2.75, 3.05) is 18.1 Å². The smallest absolute Gasteiger partial charge is 0.151 e. The molecular formula is C13H17ClN2O2S. The van der Waals surface area contributed by atoms with E-state index in [1.54, 1.807) is 6.92 Å². The first kappa shape index (κ1) is 14.4. The lowest BCUT2D eigenvalue weighted by molar-refractivity contribution is 0.591. The molecule has 0 amide bonds. The molecule has 6 heteroatoms. The Morgan fingerprint density at radius 3 is 2.74 bits per heavy atom. The zero-order valence-electron chi connectivity index (χ0n) is 10.7. The first-order valence-corrected chi connectivity index (χ1v) is 8.39. The zero-order chi connectivity index (χ0) is 13.9. The predicted octanol–water partition coefficient (Wildman–Crippen LogP) is 2.35. The third-order valence-electron chi connectivity index (χ3n) is 3.05. The average Bonchev–Trinajstić information content (AvgIpc) is 2.72. The van der Waals surface area contributed by atoms with Gasteiger partial charge in [-0.2, -0.15) is 0 Å². The van der Waals surface area contributed by atoms with E-state index < -0.39 is 9.84 Å². The third-order valence-corrected chi connectivity index (χ3v) is 5.18. The molecule has 0 spiro atoms. The van der Waals surface area contributed by atoms with Crippen LogP contribution in [0.4, 0.5) is 0 Å². The first-order chi connectivity index (χ1) is 9.03. The van der Waals surface area contributed by atoms with E-state index in [2.05, 4.69) is 10.3 Å². The summed E-state index contributed by atoms with van der Waals surface area (Å²) in [6.45, 7) is 2.62. The quantitative estimate of drug-likeness (QED) is 0.805. The lowest BCUT2D eigenvalue weighted by Gasteiger charge is -2.04. The summed E-state index contributed by atoms with van der Waals surface area (Å²) >= 11 is 6.26. The number of halogens is 1. The molecule has 0 saturated heterocycles. The van der Waals surface area contributed by atoms with Gasteiger partial charge in [0.15, 0.2) is 9.84 Å². The van der Waals surface area contributed by atoms with Crippen molar-refractivity contribution in [3.63, 3.8) is 0 Å². The highest BCUT2D eigenvalue weighted by molar-refractivity contribution is 7.91. The average molecular weight is 301 g/mol. The number of rotatable bonds is 6. The lowest BCUT2D eigenvalue weighted by atomic mass is 10.2. The number of para-hydroxylation sites is 1. The van der Waals surface area contributed by atoms with Crippen LogP contribution in [0.1, 0.15) is 12.6 Å². The number of aromatic amines is 1. The Hall–Kier alpha value is -1.04. The minimum atomic E-state index is -2.91. The summed E-state index contributed by atoms with van der Waals surface area (Å²) in [6.07, 6.45) is 0. The van der Waals surface area contributed by atoms with Crippen molar-refractivity contribution < 1.29 is 8.42 Å². The van der Waals surface area contributed by atoms with Gasteiger partial charge in [0.25, 0.3) is 0 Å². The van der Waals surface area contributed by atoms with E-state index in [4.69, 9.17) is 11.6 Å². The van der Waals surface area contributed by atoms with E-state index in [-0.39, 0.29) is 11.5 Å². The molecule has 4 nitrogen and oxygen atoms in total. The summed E-state index contributed by atoms with van der Waals surface area (Å²) in [5.74, 6) is 0.336. The fourth-order valence-corrected chi connectivity index (χ4v) is 2.89. The lowest BCUT2D eigenvalue weighted by Crippen LogP contribution is -2.23. The van der Waals surface area contributed by atoms with Crippen LogP contribution in [0.2, 0.25) is 5.02 Å². The second kappa shape index (κ2) is 5.94. The van der Waals surface area contributed by atoms with Gasteiger partial charge in [-0.3, -0.25) is 0 Å². The van der Waals surface area contributed by atoms with Crippen molar-refractivity contribution in [1.29, 1.82) is 0 Å². The number of hydrogen-bond acceptors (Lipinski definition) is 3. The van der Waals surface area contributed by atoms with Crippen LogP contribution in [-0.2, 0) is 16.4 Å². The van der Waals surface area contributed by atoms with Crippen molar-refractivity contribution in [2.24, 2.45) is 0 Å². The minimum absolute atomic E-state index is 0.154. The van der Waals surface area contributed by atoms with Gasteiger partial charge in [-0.05, 0) is 6.07 Å². The number of fused-ring (bicyclic) bond motifs is 1. The summed E-state index contributed by atoms with van der Waals surface area (Å²) in [5, 5.41) is 4.78. The van der Waals surface area contributed by atoms with E-state index in [1.165, 1.54) is 0 Å². The van der Waals surface area contributed by atoms with Gasteiger partial charge in [0.1, 0.15) is 0 Å². The second-order valence-corrected chi connectivity index (χ2v) is 7.23. The van der Waals surface area contributed by atoms with Crippen LogP contribution in [0.15, 0.2) is 24.3 Å². The summed E-state index contributed by atoms with van der Waals surface area (Å²) in [4.78, 5) is 3.23. The van der Waals surface area contributed by atoms with Gasteiger partial charge in [0.2, 0.25) is 0 Å². The zero-order valence-corrected chi connectivity index (χ0v) is 12.3. The summed E-state index contributed by atoms with van der Waals surface area (Å²) in [7, 11) is -2.91. The van der Waals surface area contributed by atoms with E-state index in [0.29, 0.717) is 18.1 Å². The first-order valence-electron chi connectivity index (χ1n) is 6.19. The largest absolute Gasteiger partial charge is 0.356 e. The maximum absolute atomic E-state index is 11.3. The summed E-state index contributed by atoms with van der Waals surface area (Å²) in [6, 6.07) is 7.80. The summed E-state index contributed by atoms with van der Waals surface area (Å²) in [5.41, 5.74) is 1.88. The Kier molecular flexibility index (Phi) is 4.50. The number of nitrogens with one attached hydrogen (secondary N) is 2.